The lowest BCUT2D eigenvalue weighted by molar-refractivity contribution is 0.401. The van der Waals surface area contributed by atoms with Crippen LogP contribution in [0.5, 0.6) is 5.88 Å². The van der Waals surface area contributed by atoms with Gasteiger partial charge < -0.3 is 10.5 Å². The number of fused-ring (bicyclic) bond motifs is 1. The van der Waals surface area contributed by atoms with Crippen molar-refractivity contribution >= 4 is 44.1 Å². The molecule has 0 radical (unpaired) electrons. The van der Waals surface area contributed by atoms with Crippen LogP contribution in [0.1, 0.15) is 0 Å². The predicted octanol–water partition coefficient (Wildman–Crippen LogP) is 4.91. The van der Waals surface area contributed by atoms with E-state index in [1.165, 1.54) is 0 Å². The normalized spacial score (nSPS) is 10.8. The topological polar surface area (TPSA) is 48.1 Å². The van der Waals surface area contributed by atoms with E-state index in [-0.39, 0.29) is 0 Å². The highest BCUT2D eigenvalue weighted by Crippen LogP contribution is 2.41. The van der Waals surface area contributed by atoms with Gasteiger partial charge in [0.15, 0.2) is 0 Å². The molecule has 1 heterocycles. The molecule has 0 saturated heterocycles. The van der Waals surface area contributed by atoms with Gasteiger partial charge in [-0.3, -0.25) is 0 Å². The van der Waals surface area contributed by atoms with Gasteiger partial charge in [-0.25, -0.2) is 4.98 Å². The summed E-state index contributed by atoms with van der Waals surface area (Å²) in [6, 6.07) is 13.4. The third-order valence-corrected chi connectivity index (χ3v) is 4.08. The fourth-order valence-electron chi connectivity index (χ4n) is 2.31. The number of hydrogen-bond acceptors (Lipinski definition) is 3. The van der Waals surface area contributed by atoms with E-state index in [0.717, 1.165) is 26.5 Å². The number of rotatable bonds is 2. The summed E-state index contributed by atoms with van der Waals surface area (Å²) in [5.74, 6) is 0.531. The molecule has 0 saturated carbocycles. The minimum Gasteiger partial charge on any atom is -0.481 e. The molecule has 3 nitrogen and oxygen atoms in total. The van der Waals surface area contributed by atoms with Crippen LogP contribution in [0.3, 0.4) is 0 Å². The summed E-state index contributed by atoms with van der Waals surface area (Å²) in [5.41, 5.74) is 9.23. The molecule has 0 aliphatic rings. The SMILES string of the molecule is COc1nc2ccccc2cc1-c1c(N)cc(Cl)cc1Br. The van der Waals surface area contributed by atoms with Crippen molar-refractivity contribution in [1.82, 2.24) is 4.98 Å². The van der Waals surface area contributed by atoms with Crippen LogP contribution in [0.25, 0.3) is 22.0 Å². The van der Waals surface area contributed by atoms with Crippen LogP contribution >= 0.6 is 27.5 Å². The van der Waals surface area contributed by atoms with Crippen molar-refractivity contribution in [2.45, 2.75) is 0 Å². The average Bonchev–Trinajstić information content (AvgIpc) is 2.45. The molecule has 21 heavy (non-hydrogen) atoms. The smallest absolute Gasteiger partial charge is 0.221 e. The van der Waals surface area contributed by atoms with Crippen LogP contribution in [-0.2, 0) is 0 Å². The molecule has 106 valence electrons. The van der Waals surface area contributed by atoms with Crippen LogP contribution in [0.15, 0.2) is 46.9 Å². The summed E-state index contributed by atoms with van der Waals surface area (Å²) in [6.07, 6.45) is 0. The average molecular weight is 364 g/mol. The quantitative estimate of drug-likeness (QED) is 0.658. The molecule has 0 aliphatic carbocycles. The first kappa shape index (κ1) is 14.2. The Balaban J connectivity index is 2.34. The summed E-state index contributed by atoms with van der Waals surface area (Å²) >= 11 is 9.54. The van der Waals surface area contributed by atoms with E-state index in [1.807, 2.05) is 36.4 Å². The number of nitrogens with two attached hydrogens (primary N) is 1. The van der Waals surface area contributed by atoms with Crippen molar-refractivity contribution in [2.24, 2.45) is 0 Å². The minimum atomic E-state index is 0.531. The first-order valence-corrected chi connectivity index (χ1v) is 7.46. The highest BCUT2D eigenvalue weighted by Gasteiger charge is 2.16. The lowest BCUT2D eigenvalue weighted by atomic mass is 10.0. The van der Waals surface area contributed by atoms with E-state index in [4.69, 9.17) is 22.1 Å². The van der Waals surface area contributed by atoms with E-state index in [0.29, 0.717) is 16.6 Å². The maximum Gasteiger partial charge on any atom is 0.221 e. The largest absolute Gasteiger partial charge is 0.481 e. The molecule has 0 atom stereocenters. The molecular weight excluding hydrogens is 352 g/mol. The Morgan fingerprint density at radius 3 is 2.67 bits per heavy atom. The molecule has 1 aromatic heterocycles. The van der Waals surface area contributed by atoms with Crippen molar-refractivity contribution < 1.29 is 4.74 Å². The lowest BCUT2D eigenvalue weighted by Crippen LogP contribution is -1.97. The second-order valence-corrected chi connectivity index (χ2v) is 5.88. The Morgan fingerprint density at radius 1 is 1.19 bits per heavy atom. The van der Waals surface area contributed by atoms with Crippen LogP contribution in [0, 0.1) is 0 Å². The Kier molecular flexibility index (Phi) is 3.74. The molecule has 0 unspecified atom stereocenters. The maximum absolute atomic E-state index is 6.12. The summed E-state index contributed by atoms with van der Waals surface area (Å²) in [7, 11) is 1.60. The molecule has 3 rings (SSSR count). The fourth-order valence-corrected chi connectivity index (χ4v) is 3.36. The molecule has 0 spiro atoms. The number of pyridine rings is 1. The molecule has 5 heteroatoms. The van der Waals surface area contributed by atoms with E-state index in [1.54, 1.807) is 13.2 Å². The number of methoxy groups -OCH3 is 1. The number of nitrogens with zero attached hydrogens (tertiary/aromatic N) is 1. The zero-order chi connectivity index (χ0) is 15.0. The number of para-hydroxylation sites is 1. The minimum absolute atomic E-state index is 0.531. The zero-order valence-corrected chi connectivity index (χ0v) is 13.6. The highest BCUT2D eigenvalue weighted by atomic mass is 79.9. The number of benzene rings is 2. The molecule has 3 aromatic rings. The molecular formula is C16H12BrClN2O. The van der Waals surface area contributed by atoms with Gasteiger partial charge in [0.1, 0.15) is 0 Å². The second-order valence-electron chi connectivity index (χ2n) is 4.59. The number of nitrogen functional groups attached to an aromatic ring is 1. The second kappa shape index (κ2) is 5.54. The molecule has 0 fully saturated rings. The van der Waals surface area contributed by atoms with Crippen LogP contribution in [-0.4, -0.2) is 12.1 Å². The van der Waals surface area contributed by atoms with Crippen molar-refractivity contribution in [3.63, 3.8) is 0 Å². The van der Waals surface area contributed by atoms with E-state index >= 15 is 0 Å². The lowest BCUT2D eigenvalue weighted by Gasteiger charge is -2.13. The van der Waals surface area contributed by atoms with Gasteiger partial charge in [-0.2, -0.15) is 0 Å². The zero-order valence-electron chi connectivity index (χ0n) is 11.2. The Morgan fingerprint density at radius 2 is 1.95 bits per heavy atom. The monoisotopic (exact) mass is 362 g/mol. The van der Waals surface area contributed by atoms with Gasteiger partial charge in [0.25, 0.3) is 0 Å². The molecule has 2 N–H and O–H groups in total. The number of ether oxygens (including phenoxy) is 1. The van der Waals surface area contributed by atoms with Crippen LogP contribution in [0.4, 0.5) is 5.69 Å². The van der Waals surface area contributed by atoms with Gasteiger partial charge in [0.2, 0.25) is 5.88 Å². The fraction of sp³-hybridized carbons (Fsp3) is 0.0625. The maximum atomic E-state index is 6.12. The van der Waals surface area contributed by atoms with Gasteiger partial charge >= 0.3 is 0 Å². The molecule has 2 aromatic carbocycles. The Hall–Kier alpha value is -1.78. The van der Waals surface area contributed by atoms with Gasteiger partial charge in [-0.1, -0.05) is 45.7 Å². The predicted molar refractivity (Wildman–Crippen MR) is 90.9 cm³/mol. The Labute approximate surface area is 135 Å². The number of hydrogen-bond donors (Lipinski definition) is 1. The number of aromatic nitrogens is 1. The highest BCUT2D eigenvalue weighted by molar-refractivity contribution is 9.10. The molecule has 0 amide bonds. The van der Waals surface area contributed by atoms with Gasteiger partial charge in [0.05, 0.1) is 12.6 Å². The van der Waals surface area contributed by atoms with Gasteiger partial charge in [-0.15, -0.1) is 0 Å². The third kappa shape index (κ3) is 2.57. The van der Waals surface area contributed by atoms with Crippen molar-refractivity contribution in [1.29, 1.82) is 0 Å². The van der Waals surface area contributed by atoms with Gasteiger partial charge in [0, 0.05) is 31.7 Å². The standard InChI is InChI=1S/C16H12BrClN2O/c1-21-16-11(6-9-4-2-3-5-14(9)20-16)15-12(17)7-10(18)8-13(15)19/h2-8H,19H2,1H3. The Bertz CT molecular complexity index is 813. The third-order valence-electron chi connectivity index (χ3n) is 3.24. The van der Waals surface area contributed by atoms with Gasteiger partial charge in [-0.05, 0) is 24.3 Å². The first-order valence-electron chi connectivity index (χ1n) is 6.29. The first-order chi connectivity index (χ1) is 10.1. The molecule has 0 aliphatic heterocycles. The summed E-state index contributed by atoms with van der Waals surface area (Å²) in [4.78, 5) is 4.54. The van der Waals surface area contributed by atoms with E-state index in [9.17, 15) is 0 Å². The van der Waals surface area contributed by atoms with Crippen molar-refractivity contribution in [3.05, 3.63) is 52.0 Å². The summed E-state index contributed by atoms with van der Waals surface area (Å²) < 4.78 is 6.24. The van der Waals surface area contributed by atoms with Crippen LogP contribution in [0.2, 0.25) is 5.02 Å². The van der Waals surface area contributed by atoms with E-state index in [2.05, 4.69) is 20.9 Å². The van der Waals surface area contributed by atoms with E-state index < -0.39 is 0 Å². The van der Waals surface area contributed by atoms with Crippen molar-refractivity contribution in [3.8, 4) is 17.0 Å². The summed E-state index contributed by atoms with van der Waals surface area (Å²) in [6.45, 7) is 0. The molecule has 0 bridgehead atoms. The van der Waals surface area contributed by atoms with Crippen molar-refractivity contribution in [2.75, 3.05) is 12.8 Å². The number of halogens is 2. The summed E-state index contributed by atoms with van der Waals surface area (Å²) in [5, 5.41) is 1.60. The number of anilines is 1. The van der Waals surface area contributed by atoms with Crippen LogP contribution < -0.4 is 10.5 Å².